The monoisotopic (exact) mass is 660 g/mol. The van der Waals surface area contributed by atoms with Gasteiger partial charge in [0.15, 0.2) is 0 Å². The lowest BCUT2D eigenvalue weighted by molar-refractivity contribution is 1.12. The number of benzene rings is 4. The predicted molar refractivity (Wildman–Crippen MR) is 221 cm³/mol. The largest absolute Gasteiger partial charge is 0.378 e. The van der Waals surface area contributed by atoms with Gasteiger partial charge in [-0.25, -0.2) is 9.97 Å². The van der Waals surface area contributed by atoms with Gasteiger partial charge >= 0.3 is 0 Å². The van der Waals surface area contributed by atoms with Crippen LogP contribution in [0.2, 0.25) is 0 Å². The van der Waals surface area contributed by atoms with Crippen LogP contribution in [0.5, 0.6) is 0 Å². The van der Waals surface area contributed by atoms with E-state index in [1.54, 1.807) is 0 Å². The minimum absolute atomic E-state index is 0.790. The fourth-order valence-electron chi connectivity index (χ4n) is 5.21. The van der Waals surface area contributed by atoms with Crippen molar-refractivity contribution in [3.8, 4) is 0 Å². The molecule has 0 N–H and O–H groups in total. The minimum Gasteiger partial charge on any atom is -0.378 e. The molecule has 0 saturated heterocycles. The van der Waals surface area contributed by atoms with Gasteiger partial charge < -0.3 is 19.6 Å². The molecule has 0 aliphatic heterocycles. The third kappa shape index (κ3) is 9.60. The molecule has 4 aromatic carbocycles. The highest BCUT2D eigenvalue weighted by Crippen LogP contribution is 2.23. The molecule has 0 unspecified atom stereocenters. The van der Waals surface area contributed by atoms with Crippen LogP contribution >= 0.6 is 0 Å². The maximum Gasteiger partial charge on any atom is 0.0894 e. The normalized spacial score (nSPS) is 11.7. The van der Waals surface area contributed by atoms with Crippen LogP contribution in [0.4, 0.5) is 22.7 Å². The zero-order valence-electron chi connectivity index (χ0n) is 30.5. The van der Waals surface area contributed by atoms with E-state index in [0.717, 1.165) is 67.8 Å². The zero-order valence-corrected chi connectivity index (χ0v) is 30.5. The summed E-state index contributed by atoms with van der Waals surface area (Å²) in [5.41, 5.74) is 12.2. The summed E-state index contributed by atoms with van der Waals surface area (Å²) in [6.07, 6.45) is 16.6. The van der Waals surface area contributed by atoms with Crippen LogP contribution in [0, 0.1) is 0 Å². The van der Waals surface area contributed by atoms with Crippen molar-refractivity contribution in [1.29, 1.82) is 0 Å². The molecule has 0 aliphatic carbocycles. The molecule has 0 spiro atoms. The van der Waals surface area contributed by atoms with E-state index in [1.165, 1.54) is 0 Å². The summed E-state index contributed by atoms with van der Waals surface area (Å²) >= 11 is 0. The van der Waals surface area contributed by atoms with Crippen molar-refractivity contribution in [1.82, 2.24) is 9.97 Å². The molecule has 6 nitrogen and oxygen atoms in total. The van der Waals surface area contributed by atoms with Crippen molar-refractivity contribution in [3.05, 3.63) is 142 Å². The molecular formula is C44H48N6. The summed E-state index contributed by atoms with van der Waals surface area (Å²) in [4.78, 5) is 18.8. The molecule has 254 valence electrons. The Morgan fingerprint density at radius 2 is 0.460 bits per heavy atom. The highest BCUT2D eigenvalue weighted by Gasteiger charge is 2.09. The molecule has 0 fully saturated rings. The Kier molecular flexibility index (Phi) is 11.7. The lowest BCUT2D eigenvalue weighted by Crippen LogP contribution is -2.07. The fraction of sp³-hybridized carbons (Fsp3) is 0.182. The van der Waals surface area contributed by atoms with Crippen LogP contribution in [0.15, 0.2) is 97.1 Å². The summed E-state index contributed by atoms with van der Waals surface area (Å²) in [6.45, 7) is 0. The van der Waals surface area contributed by atoms with Gasteiger partial charge in [-0.05, 0) is 95.1 Å². The van der Waals surface area contributed by atoms with Gasteiger partial charge in [-0.2, -0.15) is 0 Å². The summed E-state index contributed by atoms with van der Waals surface area (Å²) in [5.74, 6) is 0. The first-order valence-electron chi connectivity index (χ1n) is 16.8. The Labute approximate surface area is 298 Å². The number of aromatic nitrogens is 2. The van der Waals surface area contributed by atoms with Crippen molar-refractivity contribution in [2.75, 3.05) is 76.0 Å². The molecule has 1 aromatic heterocycles. The summed E-state index contributed by atoms with van der Waals surface area (Å²) in [7, 11) is 16.4. The fourth-order valence-corrected chi connectivity index (χ4v) is 5.21. The highest BCUT2D eigenvalue weighted by molar-refractivity contribution is 5.82. The van der Waals surface area contributed by atoms with Gasteiger partial charge in [0.25, 0.3) is 0 Å². The Bertz CT molecular complexity index is 1670. The van der Waals surface area contributed by atoms with Crippen molar-refractivity contribution >= 4 is 71.4 Å². The van der Waals surface area contributed by atoms with E-state index in [1.807, 2.05) is 56.4 Å². The molecule has 5 aromatic rings. The van der Waals surface area contributed by atoms with Gasteiger partial charge in [-0.15, -0.1) is 0 Å². The number of hydrogen-bond acceptors (Lipinski definition) is 6. The van der Waals surface area contributed by atoms with Crippen molar-refractivity contribution < 1.29 is 0 Å². The number of hydrogen-bond donors (Lipinski definition) is 0. The van der Waals surface area contributed by atoms with Crippen LogP contribution in [-0.4, -0.2) is 66.3 Å². The number of rotatable bonds is 12. The van der Waals surface area contributed by atoms with E-state index in [0.29, 0.717) is 0 Å². The van der Waals surface area contributed by atoms with Crippen molar-refractivity contribution in [2.45, 2.75) is 0 Å². The van der Waals surface area contributed by atoms with E-state index < -0.39 is 0 Å². The molecule has 6 heteroatoms. The maximum atomic E-state index is 5.23. The molecule has 0 atom stereocenters. The van der Waals surface area contributed by atoms with E-state index in [4.69, 9.17) is 9.97 Å². The average molecular weight is 661 g/mol. The highest BCUT2D eigenvalue weighted by atomic mass is 15.1. The Balaban J connectivity index is 1.59. The first kappa shape index (κ1) is 35.4. The first-order valence-corrected chi connectivity index (χ1v) is 16.8. The minimum atomic E-state index is 0.790. The van der Waals surface area contributed by atoms with E-state index >= 15 is 0 Å². The molecule has 0 aliphatic rings. The molecule has 0 radical (unpaired) electrons. The molecule has 0 bridgehead atoms. The van der Waals surface area contributed by atoms with Gasteiger partial charge in [0.2, 0.25) is 0 Å². The van der Waals surface area contributed by atoms with Gasteiger partial charge in [0.05, 0.1) is 22.8 Å². The average Bonchev–Trinajstić information content (AvgIpc) is 3.12. The number of nitrogens with zero attached hydrogens (tertiary/aromatic N) is 6. The zero-order chi connectivity index (χ0) is 35.6. The second-order valence-corrected chi connectivity index (χ2v) is 13.0. The first-order chi connectivity index (χ1) is 24.0. The number of anilines is 4. The van der Waals surface area contributed by atoms with Gasteiger partial charge in [-0.1, -0.05) is 72.8 Å². The van der Waals surface area contributed by atoms with Crippen LogP contribution in [0.3, 0.4) is 0 Å². The van der Waals surface area contributed by atoms with Gasteiger partial charge in [0, 0.05) is 79.1 Å². The molecule has 1 heterocycles. The Morgan fingerprint density at radius 3 is 0.620 bits per heavy atom. The smallest absolute Gasteiger partial charge is 0.0894 e. The van der Waals surface area contributed by atoms with Gasteiger partial charge in [-0.3, -0.25) is 0 Å². The van der Waals surface area contributed by atoms with Crippen molar-refractivity contribution in [2.24, 2.45) is 0 Å². The summed E-state index contributed by atoms with van der Waals surface area (Å²) in [5, 5.41) is 0. The van der Waals surface area contributed by atoms with Crippen LogP contribution < -0.4 is 19.6 Å². The van der Waals surface area contributed by atoms with Gasteiger partial charge in [0.1, 0.15) is 0 Å². The lowest BCUT2D eigenvalue weighted by Gasteiger charge is -2.12. The van der Waals surface area contributed by atoms with E-state index in [2.05, 4.69) is 165 Å². The molecule has 50 heavy (non-hydrogen) atoms. The molecule has 0 amide bonds. The summed E-state index contributed by atoms with van der Waals surface area (Å²) < 4.78 is 0. The summed E-state index contributed by atoms with van der Waals surface area (Å²) in [6, 6.07) is 34.0. The second-order valence-electron chi connectivity index (χ2n) is 13.0. The SMILES string of the molecule is CN(C)c1ccc(/C=C/c2nc(/C=C/c3ccc(N(C)C)cc3)c(/C=C/c3ccc(N(C)C)cc3)nc2/C=C/c2ccc(N(C)C)cc2)cc1. The van der Waals surface area contributed by atoms with E-state index in [-0.39, 0.29) is 0 Å². The third-order valence-electron chi connectivity index (χ3n) is 8.38. The van der Waals surface area contributed by atoms with Crippen LogP contribution in [0.1, 0.15) is 45.0 Å². The van der Waals surface area contributed by atoms with E-state index in [9.17, 15) is 0 Å². The molecule has 5 rings (SSSR count). The predicted octanol–water partition coefficient (Wildman–Crippen LogP) is 9.42. The van der Waals surface area contributed by atoms with Crippen molar-refractivity contribution in [3.63, 3.8) is 0 Å². The third-order valence-corrected chi connectivity index (χ3v) is 8.38. The second kappa shape index (κ2) is 16.5. The lowest BCUT2D eigenvalue weighted by atomic mass is 10.1. The maximum absolute atomic E-state index is 5.23. The Hall–Kier alpha value is -5.88. The van der Waals surface area contributed by atoms with Crippen LogP contribution in [-0.2, 0) is 0 Å². The van der Waals surface area contributed by atoms with Crippen LogP contribution in [0.25, 0.3) is 48.6 Å². The molecule has 0 saturated carbocycles. The quantitative estimate of drug-likeness (QED) is 0.133. The molecular weight excluding hydrogens is 613 g/mol. The Morgan fingerprint density at radius 1 is 0.280 bits per heavy atom. The standard InChI is InChI=1S/C44H48N6/c1-47(2)37-21-9-33(10-22-37)17-29-41-42(30-18-34-11-23-38(24-12-34)48(3)4)46-44(32-20-36-15-27-40(28-16-36)50(7)8)43(45-41)31-19-35-13-25-39(26-14-35)49(5)6/h9-32H,1-8H3/b29-17+,30-18+,31-19+,32-20+. The topological polar surface area (TPSA) is 38.7 Å².